The Labute approximate surface area is 123 Å². The first kappa shape index (κ1) is 19.2. The third-order valence-corrected chi connectivity index (χ3v) is 3.96. The Balaban J connectivity index is 4.34. The first-order valence-electron chi connectivity index (χ1n) is 7.42. The van der Waals surface area contributed by atoms with Crippen LogP contribution < -0.4 is 0 Å². The van der Waals surface area contributed by atoms with Gasteiger partial charge in [-0.15, -0.1) is 11.6 Å². The molecule has 4 heteroatoms. The lowest BCUT2D eigenvalue weighted by Gasteiger charge is -2.36. The maximum absolute atomic E-state index is 5.81. The van der Waals surface area contributed by atoms with Crippen LogP contribution in [0.5, 0.6) is 0 Å². The van der Waals surface area contributed by atoms with Crippen molar-refractivity contribution in [2.24, 2.45) is 5.92 Å². The van der Waals surface area contributed by atoms with Crippen LogP contribution in [0.2, 0.25) is 0 Å². The summed E-state index contributed by atoms with van der Waals surface area (Å²) in [6, 6.07) is 0. The van der Waals surface area contributed by atoms with Crippen molar-refractivity contribution in [2.75, 3.05) is 27.2 Å². The van der Waals surface area contributed by atoms with Gasteiger partial charge in [0.15, 0.2) is 0 Å². The number of hydrogen-bond acceptors (Lipinski definition) is 3. The first-order chi connectivity index (χ1) is 9.20. The molecule has 0 N–H and O–H groups in total. The summed E-state index contributed by atoms with van der Waals surface area (Å²) in [5, 5.41) is 0. The molecule has 3 nitrogen and oxygen atoms in total. The normalized spacial score (nSPS) is 13.7. The standard InChI is InChI=1S/C15H31ClO3/c1-5-6-7-8-9-11-14(12-10-13-16)15(17-2,18-3)19-4/h14H,5-13H2,1-4H3. The van der Waals surface area contributed by atoms with Gasteiger partial charge in [0.05, 0.1) is 0 Å². The average Bonchev–Trinajstić information content (AvgIpc) is 2.45. The lowest BCUT2D eigenvalue weighted by atomic mass is 9.93. The minimum Gasteiger partial charge on any atom is -0.331 e. The molecule has 0 fully saturated rings. The number of hydrogen-bond donors (Lipinski definition) is 0. The van der Waals surface area contributed by atoms with Crippen molar-refractivity contribution in [1.29, 1.82) is 0 Å². The fraction of sp³-hybridized carbons (Fsp3) is 1.00. The minimum atomic E-state index is -0.920. The van der Waals surface area contributed by atoms with Crippen LogP contribution in [-0.4, -0.2) is 33.2 Å². The summed E-state index contributed by atoms with van der Waals surface area (Å²) >= 11 is 5.81. The number of ether oxygens (including phenoxy) is 3. The summed E-state index contributed by atoms with van der Waals surface area (Å²) in [6.07, 6.45) is 9.31. The molecule has 0 bridgehead atoms. The summed E-state index contributed by atoms with van der Waals surface area (Å²) in [5.41, 5.74) is 0. The van der Waals surface area contributed by atoms with E-state index in [1.807, 2.05) is 0 Å². The van der Waals surface area contributed by atoms with Crippen LogP contribution in [0.4, 0.5) is 0 Å². The van der Waals surface area contributed by atoms with Gasteiger partial charge in [0, 0.05) is 33.1 Å². The van der Waals surface area contributed by atoms with Crippen molar-refractivity contribution in [3.8, 4) is 0 Å². The molecule has 0 rings (SSSR count). The van der Waals surface area contributed by atoms with Crippen LogP contribution in [0.1, 0.15) is 58.3 Å². The molecule has 1 atom stereocenters. The number of halogens is 1. The molecule has 0 aromatic rings. The molecule has 0 heterocycles. The fourth-order valence-corrected chi connectivity index (χ4v) is 2.72. The van der Waals surface area contributed by atoms with Crippen molar-refractivity contribution < 1.29 is 14.2 Å². The first-order valence-corrected chi connectivity index (χ1v) is 7.95. The van der Waals surface area contributed by atoms with E-state index in [4.69, 9.17) is 25.8 Å². The minimum absolute atomic E-state index is 0.230. The van der Waals surface area contributed by atoms with E-state index in [9.17, 15) is 0 Å². The summed E-state index contributed by atoms with van der Waals surface area (Å²) < 4.78 is 16.5. The van der Waals surface area contributed by atoms with Crippen LogP contribution in [-0.2, 0) is 14.2 Å². The summed E-state index contributed by atoms with van der Waals surface area (Å²) in [4.78, 5) is 0. The molecule has 19 heavy (non-hydrogen) atoms. The highest BCUT2D eigenvalue weighted by Crippen LogP contribution is 2.32. The molecule has 0 spiro atoms. The Morgan fingerprint density at radius 1 is 0.842 bits per heavy atom. The number of rotatable bonds is 13. The molecular weight excluding hydrogens is 264 g/mol. The zero-order chi connectivity index (χ0) is 14.6. The van der Waals surface area contributed by atoms with Gasteiger partial charge in [-0.1, -0.05) is 39.0 Å². The Hall–Kier alpha value is 0.170. The van der Waals surface area contributed by atoms with E-state index in [0.717, 1.165) is 19.3 Å². The van der Waals surface area contributed by atoms with Gasteiger partial charge in [-0.25, -0.2) is 0 Å². The SMILES string of the molecule is CCCCCCCC(CCCCl)C(OC)(OC)OC. The Kier molecular flexibility index (Phi) is 12.1. The van der Waals surface area contributed by atoms with E-state index in [2.05, 4.69) is 6.92 Å². The highest BCUT2D eigenvalue weighted by Gasteiger charge is 2.39. The molecule has 1 unspecified atom stereocenters. The van der Waals surface area contributed by atoms with Crippen molar-refractivity contribution in [1.82, 2.24) is 0 Å². The van der Waals surface area contributed by atoms with Gasteiger partial charge in [-0.2, -0.15) is 0 Å². The molecule has 0 saturated heterocycles. The highest BCUT2D eigenvalue weighted by molar-refractivity contribution is 6.17. The smallest absolute Gasteiger partial charge is 0.285 e. The van der Waals surface area contributed by atoms with E-state index < -0.39 is 5.97 Å². The van der Waals surface area contributed by atoms with Gasteiger partial charge < -0.3 is 14.2 Å². The van der Waals surface area contributed by atoms with Crippen molar-refractivity contribution in [2.45, 2.75) is 64.3 Å². The van der Waals surface area contributed by atoms with Gasteiger partial charge in [-0.05, 0) is 19.3 Å². The van der Waals surface area contributed by atoms with E-state index in [1.165, 1.54) is 32.1 Å². The van der Waals surface area contributed by atoms with Crippen LogP contribution in [0.15, 0.2) is 0 Å². The van der Waals surface area contributed by atoms with Crippen molar-refractivity contribution in [3.05, 3.63) is 0 Å². The van der Waals surface area contributed by atoms with Crippen LogP contribution >= 0.6 is 11.6 Å². The van der Waals surface area contributed by atoms with Gasteiger partial charge in [0.25, 0.3) is 5.97 Å². The second-order valence-electron chi connectivity index (χ2n) is 4.95. The Bertz CT molecular complexity index is 188. The highest BCUT2D eigenvalue weighted by atomic mass is 35.5. The van der Waals surface area contributed by atoms with E-state index >= 15 is 0 Å². The predicted molar refractivity (Wildman–Crippen MR) is 80.6 cm³/mol. The van der Waals surface area contributed by atoms with E-state index in [-0.39, 0.29) is 5.92 Å². The maximum Gasteiger partial charge on any atom is 0.285 e. The zero-order valence-corrected chi connectivity index (χ0v) is 13.8. The quantitative estimate of drug-likeness (QED) is 0.283. The molecule has 0 aliphatic heterocycles. The van der Waals surface area contributed by atoms with Gasteiger partial charge in [0.1, 0.15) is 0 Å². The number of unbranched alkanes of at least 4 members (excludes halogenated alkanes) is 4. The molecule has 0 aromatic carbocycles. The van der Waals surface area contributed by atoms with Crippen molar-refractivity contribution >= 4 is 11.6 Å². The maximum atomic E-state index is 5.81. The molecule has 0 aliphatic carbocycles. The summed E-state index contributed by atoms with van der Waals surface area (Å²) in [6.45, 7) is 2.23. The lowest BCUT2D eigenvalue weighted by molar-refractivity contribution is -0.380. The molecular formula is C15H31ClO3. The third kappa shape index (κ3) is 6.94. The predicted octanol–water partition coefficient (Wildman–Crippen LogP) is 4.58. The molecule has 116 valence electrons. The molecule has 0 aromatic heterocycles. The fourth-order valence-electron chi connectivity index (χ4n) is 2.57. The lowest BCUT2D eigenvalue weighted by Crippen LogP contribution is -2.44. The van der Waals surface area contributed by atoms with E-state index in [1.54, 1.807) is 21.3 Å². The topological polar surface area (TPSA) is 27.7 Å². The Morgan fingerprint density at radius 2 is 1.37 bits per heavy atom. The van der Waals surface area contributed by atoms with Gasteiger partial charge >= 0.3 is 0 Å². The second kappa shape index (κ2) is 12.0. The van der Waals surface area contributed by atoms with Crippen LogP contribution in [0.25, 0.3) is 0 Å². The molecule has 0 aliphatic rings. The largest absolute Gasteiger partial charge is 0.331 e. The number of alkyl halides is 1. The third-order valence-electron chi connectivity index (χ3n) is 3.70. The summed E-state index contributed by atoms with van der Waals surface area (Å²) in [5.74, 6) is -0.0241. The monoisotopic (exact) mass is 294 g/mol. The van der Waals surface area contributed by atoms with E-state index in [0.29, 0.717) is 5.88 Å². The molecule has 0 radical (unpaired) electrons. The second-order valence-corrected chi connectivity index (χ2v) is 5.32. The molecule has 0 saturated carbocycles. The number of methoxy groups -OCH3 is 3. The average molecular weight is 295 g/mol. The van der Waals surface area contributed by atoms with Gasteiger partial charge in [-0.3, -0.25) is 0 Å². The Morgan fingerprint density at radius 3 is 1.84 bits per heavy atom. The van der Waals surface area contributed by atoms with Crippen molar-refractivity contribution in [3.63, 3.8) is 0 Å². The van der Waals surface area contributed by atoms with Crippen LogP contribution in [0.3, 0.4) is 0 Å². The molecule has 0 amide bonds. The zero-order valence-electron chi connectivity index (χ0n) is 13.0. The summed E-state index contributed by atoms with van der Waals surface area (Å²) in [7, 11) is 4.91. The van der Waals surface area contributed by atoms with Gasteiger partial charge in [0.2, 0.25) is 0 Å². The van der Waals surface area contributed by atoms with Crippen LogP contribution in [0, 0.1) is 5.92 Å².